The van der Waals surface area contributed by atoms with Crippen molar-refractivity contribution in [2.45, 2.75) is 38.0 Å². The number of aliphatic carboxylic acids is 2. The average molecular weight is 570 g/mol. The third-order valence-corrected chi connectivity index (χ3v) is 5.79. The Morgan fingerprint density at radius 1 is 0.974 bits per heavy atom. The van der Waals surface area contributed by atoms with Crippen LogP contribution in [-0.2, 0) is 34.5 Å². The van der Waals surface area contributed by atoms with Gasteiger partial charge in [-0.25, -0.2) is 9.59 Å². The molecule has 0 unspecified atom stereocenters. The van der Waals surface area contributed by atoms with Gasteiger partial charge in [-0.2, -0.15) is 31.4 Å². The summed E-state index contributed by atoms with van der Waals surface area (Å²) in [5.74, 6) is -4.88. The van der Waals surface area contributed by atoms with Crippen molar-refractivity contribution in [1.29, 1.82) is 0 Å². The van der Waals surface area contributed by atoms with E-state index in [4.69, 9.17) is 24.5 Å². The van der Waals surface area contributed by atoms with Gasteiger partial charge in [0, 0.05) is 69.8 Å². The van der Waals surface area contributed by atoms with E-state index >= 15 is 0 Å². The van der Waals surface area contributed by atoms with Gasteiger partial charge in [-0.3, -0.25) is 19.5 Å². The minimum Gasteiger partial charge on any atom is -0.475 e. The van der Waals surface area contributed by atoms with E-state index in [0.29, 0.717) is 12.0 Å². The molecule has 0 aliphatic carbocycles. The number of ether oxygens (including phenoxy) is 1. The van der Waals surface area contributed by atoms with Crippen LogP contribution in [0.5, 0.6) is 0 Å². The lowest BCUT2D eigenvalue weighted by Gasteiger charge is -2.37. The standard InChI is InChI=1S/C19H27N5O.2C2HF3O2/c1-22-11-17(10-21-22)13-23-6-4-18-14-24(7-8-25-19(18)15-23)12-16-3-2-5-20-9-16;2*3-2(4,5)1(6)7/h2-3,5,9-11,18-19H,4,6-8,12-15H2,1H3;2*(H,6,7)/t18-,19-;;/m1../s1. The zero-order chi connectivity index (χ0) is 29.2. The number of aromatic nitrogens is 3. The van der Waals surface area contributed by atoms with Crippen LogP contribution in [0.1, 0.15) is 17.5 Å². The number of aryl methyl sites for hydroxylation is 1. The van der Waals surface area contributed by atoms with Crippen LogP contribution >= 0.6 is 0 Å². The zero-order valence-electron chi connectivity index (χ0n) is 20.9. The first kappa shape index (κ1) is 32.0. The first-order valence-corrected chi connectivity index (χ1v) is 11.7. The van der Waals surface area contributed by atoms with Gasteiger partial charge in [-0.15, -0.1) is 0 Å². The summed E-state index contributed by atoms with van der Waals surface area (Å²) in [7, 11) is 1.97. The Bertz CT molecular complexity index is 1030. The second-order valence-electron chi connectivity index (χ2n) is 8.92. The highest BCUT2D eigenvalue weighted by molar-refractivity contribution is 5.73. The van der Waals surface area contributed by atoms with Crippen LogP contribution in [0.15, 0.2) is 36.9 Å². The maximum Gasteiger partial charge on any atom is 0.490 e. The van der Waals surface area contributed by atoms with Crippen LogP contribution in [0, 0.1) is 5.92 Å². The normalized spacial score (nSPS) is 20.4. The Morgan fingerprint density at radius 3 is 2.08 bits per heavy atom. The van der Waals surface area contributed by atoms with Crippen LogP contribution in [0.2, 0.25) is 0 Å². The average Bonchev–Trinajstić information content (AvgIpc) is 3.14. The lowest BCUT2D eigenvalue weighted by atomic mass is 9.93. The van der Waals surface area contributed by atoms with Gasteiger partial charge in [0.05, 0.1) is 18.9 Å². The number of hydrogen-bond acceptors (Lipinski definition) is 7. The predicted molar refractivity (Wildman–Crippen MR) is 123 cm³/mol. The predicted octanol–water partition coefficient (Wildman–Crippen LogP) is 2.80. The molecule has 2 aromatic rings. The van der Waals surface area contributed by atoms with Gasteiger partial charge in [-0.05, 0) is 24.6 Å². The molecule has 218 valence electrons. The number of likely N-dealkylation sites (tertiary alicyclic amines) is 1. The van der Waals surface area contributed by atoms with Crippen molar-refractivity contribution in [2.75, 3.05) is 32.8 Å². The minimum atomic E-state index is -5.08. The smallest absolute Gasteiger partial charge is 0.475 e. The first-order chi connectivity index (χ1) is 18.1. The summed E-state index contributed by atoms with van der Waals surface area (Å²) in [5, 5.41) is 18.5. The third kappa shape index (κ3) is 11.6. The molecule has 0 spiro atoms. The maximum atomic E-state index is 10.6. The molecule has 4 rings (SSSR count). The van der Waals surface area contributed by atoms with Crippen LogP contribution in [0.3, 0.4) is 0 Å². The maximum absolute atomic E-state index is 10.6. The number of pyridine rings is 1. The van der Waals surface area contributed by atoms with Crippen molar-refractivity contribution < 1.29 is 50.9 Å². The molecule has 10 nitrogen and oxygen atoms in total. The fourth-order valence-corrected chi connectivity index (χ4v) is 4.03. The minimum absolute atomic E-state index is 0.351. The molecule has 2 atom stereocenters. The fourth-order valence-electron chi connectivity index (χ4n) is 4.03. The first-order valence-electron chi connectivity index (χ1n) is 11.7. The summed E-state index contributed by atoms with van der Waals surface area (Å²) >= 11 is 0. The number of carboxylic acid groups (broad SMARTS) is 2. The number of rotatable bonds is 4. The number of hydrogen-bond donors (Lipinski definition) is 2. The summed E-state index contributed by atoms with van der Waals surface area (Å²) in [6, 6.07) is 4.18. The second kappa shape index (κ2) is 14.2. The number of alkyl halides is 6. The van der Waals surface area contributed by atoms with Crippen LogP contribution in [0.25, 0.3) is 0 Å². The van der Waals surface area contributed by atoms with E-state index in [-0.39, 0.29) is 0 Å². The molecular weight excluding hydrogens is 540 g/mol. The number of halogens is 6. The summed E-state index contributed by atoms with van der Waals surface area (Å²) < 4.78 is 71.6. The molecule has 2 aliphatic rings. The van der Waals surface area contributed by atoms with Gasteiger partial charge in [0.25, 0.3) is 0 Å². The molecule has 0 saturated carbocycles. The molecule has 39 heavy (non-hydrogen) atoms. The monoisotopic (exact) mass is 569 g/mol. The van der Waals surface area contributed by atoms with E-state index in [0.717, 1.165) is 45.9 Å². The van der Waals surface area contributed by atoms with Crippen molar-refractivity contribution in [3.05, 3.63) is 48.0 Å². The molecule has 0 amide bonds. The Morgan fingerprint density at radius 2 is 1.56 bits per heavy atom. The van der Waals surface area contributed by atoms with E-state index in [1.54, 1.807) is 0 Å². The number of piperidine rings is 1. The van der Waals surface area contributed by atoms with Gasteiger partial charge in [0.1, 0.15) is 0 Å². The van der Waals surface area contributed by atoms with Crippen LogP contribution in [-0.4, -0.2) is 98.0 Å². The highest BCUT2D eigenvalue weighted by Crippen LogP contribution is 2.26. The molecule has 2 aliphatic heterocycles. The van der Waals surface area contributed by atoms with Gasteiger partial charge < -0.3 is 14.9 Å². The lowest BCUT2D eigenvalue weighted by molar-refractivity contribution is -0.193. The van der Waals surface area contributed by atoms with E-state index in [9.17, 15) is 26.3 Å². The Balaban J connectivity index is 0.000000317. The number of carbonyl (C=O) groups is 2. The molecule has 16 heteroatoms. The molecule has 2 N–H and O–H groups in total. The van der Waals surface area contributed by atoms with Gasteiger partial charge in [0.15, 0.2) is 0 Å². The van der Waals surface area contributed by atoms with Gasteiger partial charge in [-0.1, -0.05) is 6.07 Å². The quantitative estimate of drug-likeness (QED) is 0.536. The van der Waals surface area contributed by atoms with E-state index in [2.05, 4.69) is 32.1 Å². The Labute approximate surface area is 219 Å². The van der Waals surface area contributed by atoms with E-state index in [1.165, 1.54) is 17.5 Å². The highest BCUT2D eigenvalue weighted by Gasteiger charge is 2.39. The Hall–Kier alpha value is -3.24. The molecule has 2 aromatic heterocycles. The molecule has 4 heterocycles. The zero-order valence-corrected chi connectivity index (χ0v) is 20.9. The molecule has 2 fully saturated rings. The van der Waals surface area contributed by atoms with Crippen molar-refractivity contribution in [3.63, 3.8) is 0 Å². The highest BCUT2D eigenvalue weighted by atomic mass is 19.4. The van der Waals surface area contributed by atoms with Crippen molar-refractivity contribution in [2.24, 2.45) is 13.0 Å². The molecule has 2 saturated heterocycles. The fraction of sp³-hybridized carbons (Fsp3) is 0.565. The number of nitrogens with zero attached hydrogens (tertiary/aromatic N) is 5. The van der Waals surface area contributed by atoms with Gasteiger partial charge >= 0.3 is 24.3 Å². The summed E-state index contributed by atoms with van der Waals surface area (Å²) in [6.45, 7) is 7.06. The summed E-state index contributed by atoms with van der Waals surface area (Å²) in [4.78, 5) is 27.1. The van der Waals surface area contributed by atoms with Crippen LogP contribution < -0.4 is 0 Å². The molecule has 0 radical (unpaired) electrons. The largest absolute Gasteiger partial charge is 0.490 e. The van der Waals surface area contributed by atoms with E-state index < -0.39 is 24.3 Å². The SMILES string of the molecule is Cn1cc(CN2CC[C@@H]3CN(Cc4cccnc4)CCO[C@@H]3C2)cn1.O=C(O)C(F)(F)F.O=C(O)C(F)(F)F. The molecular formula is C23H29F6N5O5. The van der Waals surface area contributed by atoms with Crippen molar-refractivity contribution >= 4 is 11.9 Å². The lowest BCUT2D eigenvalue weighted by Crippen LogP contribution is -2.46. The van der Waals surface area contributed by atoms with Crippen LogP contribution in [0.4, 0.5) is 26.3 Å². The molecule has 0 bridgehead atoms. The molecule has 0 aromatic carbocycles. The van der Waals surface area contributed by atoms with Gasteiger partial charge in [0.2, 0.25) is 0 Å². The number of carboxylic acids is 2. The summed E-state index contributed by atoms with van der Waals surface area (Å²) in [6.07, 6.45) is -0.730. The number of fused-ring (bicyclic) bond motifs is 1. The second-order valence-corrected chi connectivity index (χ2v) is 8.92. The third-order valence-electron chi connectivity index (χ3n) is 5.79. The van der Waals surface area contributed by atoms with Crippen molar-refractivity contribution in [1.82, 2.24) is 24.6 Å². The summed E-state index contributed by atoms with van der Waals surface area (Å²) in [5.41, 5.74) is 2.57. The van der Waals surface area contributed by atoms with E-state index in [1.807, 2.05) is 36.4 Å². The Kier molecular flexibility index (Phi) is 11.7. The topological polar surface area (TPSA) is 121 Å². The van der Waals surface area contributed by atoms with Crippen molar-refractivity contribution in [3.8, 4) is 0 Å².